The van der Waals surface area contributed by atoms with Gasteiger partial charge in [-0.25, -0.2) is 13.1 Å². The molecule has 0 saturated carbocycles. The first-order valence-electron chi connectivity index (χ1n) is 7.86. The molecule has 0 aliphatic heterocycles. The van der Waals surface area contributed by atoms with Crippen LogP contribution >= 0.6 is 0 Å². The highest BCUT2D eigenvalue weighted by Gasteiger charge is 2.19. The van der Waals surface area contributed by atoms with E-state index in [1.54, 1.807) is 19.1 Å². The van der Waals surface area contributed by atoms with Gasteiger partial charge < -0.3 is 5.32 Å². The van der Waals surface area contributed by atoms with Crippen molar-refractivity contribution in [3.05, 3.63) is 29.8 Å². The third kappa shape index (κ3) is 5.77. The van der Waals surface area contributed by atoms with Gasteiger partial charge in [-0.15, -0.1) is 0 Å². The summed E-state index contributed by atoms with van der Waals surface area (Å²) in [6, 6.07) is 7.62. The molecule has 0 aliphatic rings. The van der Waals surface area contributed by atoms with Crippen molar-refractivity contribution in [2.75, 3.05) is 13.1 Å². The largest absolute Gasteiger partial charge is 0.314 e. The van der Waals surface area contributed by atoms with E-state index in [0.29, 0.717) is 17.5 Å². The fraction of sp³-hybridized carbons (Fsp3) is 0.625. The van der Waals surface area contributed by atoms with Crippen LogP contribution in [0.25, 0.3) is 0 Å². The Hall–Kier alpha value is -0.910. The summed E-state index contributed by atoms with van der Waals surface area (Å²) in [4.78, 5) is 0.409. The van der Waals surface area contributed by atoms with Crippen LogP contribution in [-0.2, 0) is 16.4 Å². The summed E-state index contributed by atoms with van der Waals surface area (Å²) in [6.07, 6.45) is 3.96. The Morgan fingerprint density at radius 3 is 2.43 bits per heavy atom. The Balaban J connectivity index is 2.96. The van der Waals surface area contributed by atoms with Crippen molar-refractivity contribution in [3.8, 4) is 0 Å². The van der Waals surface area contributed by atoms with Crippen molar-refractivity contribution in [2.24, 2.45) is 0 Å². The van der Waals surface area contributed by atoms with E-state index in [0.717, 1.165) is 37.8 Å². The minimum absolute atomic E-state index is 0.327. The molecule has 2 N–H and O–H groups in total. The summed E-state index contributed by atoms with van der Waals surface area (Å²) in [7, 11) is -3.40. The smallest absolute Gasteiger partial charge is 0.240 e. The minimum atomic E-state index is -3.40. The monoisotopic (exact) mass is 312 g/mol. The molecule has 120 valence electrons. The molecule has 1 aromatic carbocycles. The standard InChI is InChI=1S/C16H28N2O2S/c1-4-9-15(17-12-5-2)13-14-10-7-8-11-16(14)21(19,20)18-6-3/h7-8,10-11,15,17-18H,4-6,9,12-13H2,1-3H3. The van der Waals surface area contributed by atoms with Gasteiger partial charge in [-0.3, -0.25) is 0 Å². The number of benzene rings is 1. The van der Waals surface area contributed by atoms with Crippen molar-refractivity contribution in [2.45, 2.75) is 57.4 Å². The van der Waals surface area contributed by atoms with Crippen LogP contribution in [0.2, 0.25) is 0 Å². The first kappa shape index (κ1) is 18.1. The maximum absolute atomic E-state index is 12.3. The fourth-order valence-electron chi connectivity index (χ4n) is 2.44. The molecule has 0 bridgehead atoms. The fourth-order valence-corrected chi connectivity index (χ4v) is 3.73. The van der Waals surface area contributed by atoms with Crippen LogP contribution in [0.5, 0.6) is 0 Å². The predicted octanol–water partition coefficient (Wildman–Crippen LogP) is 2.70. The molecule has 1 atom stereocenters. The van der Waals surface area contributed by atoms with Crippen LogP contribution < -0.4 is 10.0 Å². The third-order valence-electron chi connectivity index (χ3n) is 3.38. The lowest BCUT2D eigenvalue weighted by Crippen LogP contribution is -2.32. The number of rotatable bonds is 10. The quantitative estimate of drug-likeness (QED) is 0.698. The van der Waals surface area contributed by atoms with Crippen LogP contribution in [0, 0.1) is 0 Å². The lowest BCUT2D eigenvalue weighted by Gasteiger charge is -2.19. The van der Waals surface area contributed by atoms with Gasteiger partial charge in [0.2, 0.25) is 10.0 Å². The summed E-state index contributed by atoms with van der Waals surface area (Å²) >= 11 is 0. The second kappa shape index (κ2) is 9.18. The molecule has 0 heterocycles. The van der Waals surface area contributed by atoms with E-state index in [2.05, 4.69) is 23.9 Å². The number of hydrogen-bond donors (Lipinski definition) is 2. The van der Waals surface area contributed by atoms with E-state index in [1.807, 2.05) is 12.1 Å². The molecule has 0 fully saturated rings. The van der Waals surface area contributed by atoms with E-state index in [1.165, 1.54) is 0 Å². The maximum atomic E-state index is 12.3. The molecule has 0 aliphatic carbocycles. The second-order valence-corrected chi connectivity index (χ2v) is 6.99. The Kier molecular flexibility index (Phi) is 7.93. The van der Waals surface area contributed by atoms with Gasteiger partial charge in [-0.1, -0.05) is 45.4 Å². The first-order valence-corrected chi connectivity index (χ1v) is 9.34. The average molecular weight is 312 g/mol. The zero-order valence-electron chi connectivity index (χ0n) is 13.4. The van der Waals surface area contributed by atoms with Crippen LogP contribution in [-0.4, -0.2) is 27.5 Å². The molecule has 21 heavy (non-hydrogen) atoms. The molecular weight excluding hydrogens is 284 g/mol. The average Bonchev–Trinajstić information content (AvgIpc) is 2.45. The van der Waals surface area contributed by atoms with Gasteiger partial charge in [0.25, 0.3) is 0 Å². The molecule has 0 aromatic heterocycles. The molecule has 5 heteroatoms. The molecule has 4 nitrogen and oxygen atoms in total. The zero-order valence-corrected chi connectivity index (χ0v) is 14.2. The summed E-state index contributed by atoms with van der Waals surface area (Å²) in [5.41, 5.74) is 0.889. The molecule has 1 aromatic rings. The summed E-state index contributed by atoms with van der Waals surface area (Å²) in [5.74, 6) is 0. The summed E-state index contributed by atoms with van der Waals surface area (Å²) < 4.78 is 27.1. The minimum Gasteiger partial charge on any atom is -0.314 e. The van der Waals surface area contributed by atoms with E-state index in [-0.39, 0.29) is 0 Å². The highest BCUT2D eigenvalue weighted by molar-refractivity contribution is 7.89. The van der Waals surface area contributed by atoms with Crippen molar-refractivity contribution >= 4 is 10.0 Å². The van der Waals surface area contributed by atoms with E-state index in [4.69, 9.17) is 0 Å². The number of sulfonamides is 1. The molecular formula is C16H28N2O2S. The highest BCUT2D eigenvalue weighted by Crippen LogP contribution is 2.18. The normalized spacial score (nSPS) is 13.3. The summed E-state index contributed by atoms with van der Waals surface area (Å²) in [6.45, 7) is 7.46. The van der Waals surface area contributed by atoms with Crippen LogP contribution in [0.3, 0.4) is 0 Å². The maximum Gasteiger partial charge on any atom is 0.240 e. The molecule has 0 saturated heterocycles. The van der Waals surface area contributed by atoms with Crippen LogP contribution in [0.1, 0.15) is 45.6 Å². The van der Waals surface area contributed by atoms with Crippen LogP contribution in [0.4, 0.5) is 0 Å². The Morgan fingerprint density at radius 1 is 1.10 bits per heavy atom. The van der Waals surface area contributed by atoms with Crippen molar-refractivity contribution in [1.29, 1.82) is 0 Å². The van der Waals surface area contributed by atoms with Crippen molar-refractivity contribution < 1.29 is 8.42 Å². The number of hydrogen-bond acceptors (Lipinski definition) is 3. The summed E-state index contributed by atoms with van der Waals surface area (Å²) in [5, 5.41) is 3.51. The van der Waals surface area contributed by atoms with Crippen LogP contribution in [0.15, 0.2) is 29.2 Å². The van der Waals surface area contributed by atoms with Gasteiger partial charge in [0.05, 0.1) is 4.90 Å². The molecule has 0 spiro atoms. The lowest BCUT2D eigenvalue weighted by atomic mass is 10.0. The van der Waals surface area contributed by atoms with Gasteiger partial charge in [0.15, 0.2) is 0 Å². The van der Waals surface area contributed by atoms with Gasteiger partial charge in [-0.05, 0) is 37.4 Å². The van der Waals surface area contributed by atoms with Gasteiger partial charge >= 0.3 is 0 Å². The molecule has 0 amide bonds. The Morgan fingerprint density at radius 2 is 1.81 bits per heavy atom. The Labute approximate surface area is 129 Å². The lowest BCUT2D eigenvalue weighted by molar-refractivity contribution is 0.470. The molecule has 1 unspecified atom stereocenters. The molecule has 0 radical (unpaired) electrons. The number of nitrogens with one attached hydrogen (secondary N) is 2. The highest BCUT2D eigenvalue weighted by atomic mass is 32.2. The third-order valence-corrected chi connectivity index (χ3v) is 5.03. The SMILES string of the molecule is CCCNC(CCC)Cc1ccccc1S(=O)(=O)NCC. The second-order valence-electron chi connectivity index (χ2n) is 5.25. The predicted molar refractivity (Wildman–Crippen MR) is 88.0 cm³/mol. The van der Waals surface area contributed by atoms with E-state index >= 15 is 0 Å². The van der Waals surface area contributed by atoms with Gasteiger partial charge in [0, 0.05) is 12.6 Å². The van der Waals surface area contributed by atoms with Gasteiger partial charge in [-0.2, -0.15) is 0 Å². The first-order chi connectivity index (χ1) is 10.0. The Bertz CT molecular complexity index is 515. The van der Waals surface area contributed by atoms with Crippen molar-refractivity contribution in [1.82, 2.24) is 10.0 Å². The topological polar surface area (TPSA) is 58.2 Å². The van der Waals surface area contributed by atoms with E-state index in [9.17, 15) is 8.42 Å². The molecule has 1 rings (SSSR count). The van der Waals surface area contributed by atoms with Gasteiger partial charge in [0.1, 0.15) is 0 Å². The van der Waals surface area contributed by atoms with Crippen molar-refractivity contribution in [3.63, 3.8) is 0 Å². The van der Waals surface area contributed by atoms with E-state index < -0.39 is 10.0 Å². The zero-order chi connectivity index (χ0) is 15.7.